The lowest BCUT2D eigenvalue weighted by atomic mass is 10.0. The van der Waals surface area contributed by atoms with E-state index in [1.807, 2.05) is 49.1 Å². The molecule has 2 aromatic heterocycles. The van der Waals surface area contributed by atoms with Crippen LogP contribution in [-0.4, -0.2) is 27.1 Å². The summed E-state index contributed by atoms with van der Waals surface area (Å²) in [7, 11) is 1.91. The average Bonchev–Trinajstić information content (AvgIpc) is 3.36. The fraction of sp³-hybridized carbons (Fsp3) is 0.217. The molecule has 1 amide bonds. The third-order valence-electron chi connectivity index (χ3n) is 5.28. The number of hydrogen-bond donors (Lipinski definition) is 2. The molecule has 0 saturated carbocycles. The highest BCUT2D eigenvalue weighted by atomic mass is 19.3. The normalized spacial score (nSPS) is 12.4. The summed E-state index contributed by atoms with van der Waals surface area (Å²) in [6, 6.07) is 12.6. The van der Waals surface area contributed by atoms with E-state index in [1.165, 1.54) is 0 Å². The molecule has 2 heterocycles. The number of halogens is 2. The van der Waals surface area contributed by atoms with Gasteiger partial charge in [-0.25, -0.2) is 8.78 Å². The van der Waals surface area contributed by atoms with E-state index < -0.39 is 6.43 Å². The van der Waals surface area contributed by atoms with E-state index in [1.54, 1.807) is 30.5 Å². The SMILES string of the molecule is C[C@@H](NC(=O)c1cn(C)c2cc(-c3cn[nH]c3)ccc12)c1ccc(CC(F)F)cc1. The fourth-order valence-electron chi connectivity index (χ4n) is 3.63. The van der Waals surface area contributed by atoms with Gasteiger partial charge in [0.2, 0.25) is 6.43 Å². The third kappa shape index (κ3) is 3.96. The first-order valence-corrected chi connectivity index (χ1v) is 9.68. The highest BCUT2D eigenvalue weighted by Gasteiger charge is 2.17. The van der Waals surface area contributed by atoms with Crippen molar-refractivity contribution >= 4 is 16.8 Å². The summed E-state index contributed by atoms with van der Waals surface area (Å²) in [6.07, 6.45) is 2.77. The molecule has 5 nitrogen and oxygen atoms in total. The first-order chi connectivity index (χ1) is 14.4. The van der Waals surface area contributed by atoms with Crippen LogP contribution in [0.5, 0.6) is 0 Å². The van der Waals surface area contributed by atoms with Crippen molar-refractivity contribution in [3.05, 3.63) is 77.7 Å². The molecule has 2 N–H and O–H groups in total. The average molecular weight is 408 g/mol. The summed E-state index contributed by atoms with van der Waals surface area (Å²) in [5.41, 5.74) is 4.98. The molecule has 0 aliphatic rings. The smallest absolute Gasteiger partial charge is 0.253 e. The fourth-order valence-corrected chi connectivity index (χ4v) is 3.63. The molecule has 0 bridgehead atoms. The summed E-state index contributed by atoms with van der Waals surface area (Å²) in [6.45, 7) is 1.88. The predicted molar refractivity (Wildman–Crippen MR) is 113 cm³/mol. The minimum absolute atomic E-state index is 0.180. The molecule has 4 rings (SSSR count). The lowest BCUT2D eigenvalue weighted by Gasteiger charge is -2.15. The molecule has 2 aromatic carbocycles. The molecule has 0 aliphatic heterocycles. The Hall–Kier alpha value is -3.48. The van der Waals surface area contributed by atoms with Crippen LogP contribution in [0.1, 0.15) is 34.5 Å². The quantitative estimate of drug-likeness (QED) is 0.478. The third-order valence-corrected chi connectivity index (χ3v) is 5.28. The van der Waals surface area contributed by atoms with E-state index in [0.717, 1.165) is 27.6 Å². The molecule has 1 atom stereocenters. The van der Waals surface area contributed by atoms with Crippen molar-refractivity contribution in [1.82, 2.24) is 20.1 Å². The zero-order valence-electron chi connectivity index (χ0n) is 16.7. The standard InChI is InChI=1S/C23H22F2N4O/c1-14(16-5-3-15(4-6-16)9-22(24)25)28-23(30)20-13-29(2)21-10-17(7-8-19(20)21)18-11-26-27-12-18/h3-8,10-14,22H,9H2,1-2H3,(H,26,27)(H,28,30)/t14-/m1/s1. The highest BCUT2D eigenvalue weighted by molar-refractivity contribution is 6.07. The number of aryl methyl sites for hydroxylation is 1. The molecule has 30 heavy (non-hydrogen) atoms. The van der Waals surface area contributed by atoms with Gasteiger partial charge in [0, 0.05) is 42.3 Å². The maximum Gasteiger partial charge on any atom is 0.253 e. The van der Waals surface area contributed by atoms with Gasteiger partial charge in [0.15, 0.2) is 0 Å². The Balaban J connectivity index is 1.54. The minimum atomic E-state index is -2.37. The molecular weight excluding hydrogens is 386 g/mol. The number of fused-ring (bicyclic) bond motifs is 1. The second-order valence-corrected chi connectivity index (χ2v) is 7.40. The first-order valence-electron chi connectivity index (χ1n) is 9.68. The van der Waals surface area contributed by atoms with E-state index in [0.29, 0.717) is 11.1 Å². The van der Waals surface area contributed by atoms with Crippen molar-refractivity contribution in [3.8, 4) is 11.1 Å². The van der Waals surface area contributed by atoms with Crippen LogP contribution in [0.15, 0.2) is 61.1 Å². The topological polar surface area (TPSA) is 62.7 Å². The summed E-state index contributed by atoms with van der Waals surface area (Å²) in [5.74, 6) is -0.180. The van der Waals surface area contributed by atoms with Gasteiger partial charge in [-0.2, -0.15) is 5.10 Å². The van der Waals surface area contributed by atoms with Crippen molar-refractivity contribution < 1.29 is 13.6 Å². The Bertz CT molecular complexity index is 1160. The Labute approximate surface area is 172 Å². The second-order valence-electron chi connectivity index (χ2n) is 7.40. The van der Waals surface area contributed by atoms with Crippen LogP contribution in [0.4, 0.5) is 8.78 Å². The Kier molecular flexibility index (Phi) is 5.35. The molecule has 154 valence electrons. The van der Waals surface area contributed by atoms with Crippen LogP contribution in [0.25, 0.3) is 22.0 Å². The van der Waals surface area contributed by atoms with E-state index in [-0.39, 0.29) is 18.4 Å². The van der Waals surface area contributed by atoms with Gasteiger partial charge in [-0.1, -0.05) is 36.4 Å². The molecule has 0 aliphatic carbocycles. The van der Waals surface area contributed by atoms with Crippen LogP contribution in [0.3, 0.4) is 0 Å². The molecule has 0 fully saturated rings. The molecule has 4 aromatic rings. The molecule has 0 saturated heterocycles. The molecule has 0 spiro atoms. The highest BCUT2D eigenvalue weighted by Crippen LogP contribution is 2.27. The first kappa shape index (κ1) is 19.8. The van der Waals surface area contributed by atoms with E-state index in [4.69, 9.17) is 0 Å². The zero-order chi connectivity index (χ0) is 21.3. The van der Waals surface area contributed by atoms with Crippen molar-refractivity contribution in [1.29, 1.82) is 0 Å². The number of aromatic nitrogens is 3. The summed E-state index contributed by atoms with van der Waals surface area (Å²) in [4.78, 5) is 12.9. The largest absolute Gasteiger partial charge is 0.350 e. The summed E-state index contributed by atoms with van der Waals surface area (Å²) >= 11 is 0. The van der Waals surface area contributed by atoms with Crippen molar-refractivity contribution in [3.63, 3.8) is 0 Å². The maximum atomic E-state index is 12.9. The van der Waals surface area contributed by atoms with Gasteiger partial charge in [-0.05, 0) is 29.7 Å². The number of benzene rings is 2. The molecule has 0 radical (unpaired) electrons. The lowest BCUT2D eigenvalue weighted by molar-refractivity contribution is 0.0941. The van der Waals surface area contributed by atoms with Gasteiger partial charge >= 0.3 is 0 Å². The van der Waals surface area contributed by atoms with Gasteiger partial charge in [-0.15, -0.1) is 0 Å². The van der Waals surface area contributed by atoms with Crippen LogP contribution in [0.2, 0.25) is 0 Å². The lowest BCUT2D eigenvalue weighted by Crippen LogP contribution is -2.26. The van der Waals surface area contributed by atoms with Gasteiger partial charge in [0.05, 0.1) is 17.8 Å². The number of hydrogen-bond acceptors (Lipinski definition) is 2. The van der Waals surface area contributed by atoms with Crippen LogP contribution in [0, 0.1) is 0 Å². The summed E-state index contributed by atoms with van der Waals surface area (Å²) < 4.78 is 26.9. The van der Waals surface area contributed by atoms with Crippen molar-refractivity contribution in [2.24, 2.45) is 7.05 Å². The number of carbonyl (C=O) groups is 1. The number of carbonyl (C=O) groups excluding carboxylic acids is 1. The molecule has 7 heteroatoms. The van der Waals surface area contributed by atoms with Gasteiger partial charge in [-0.3, -0.25) is 9.89 Å². The van der Waals surface area contributed by atoms with Crippen LogP contribution < -0.4 is 5.32 Å². The molecule has 0 unspecified atom stereocenters. The van der Waals surface area contributed by atoms with Crippen molar-refractivity contribution in [2.45, 2.75) is 25.8 Å². The Morgan fingerprint density at radius 3 is 2.60 bits per heavy atom. The zero-order valence-corrected chi connectivity index (χ0v) is 16.7. The molecular formula is C23H22F2N4O. The van der Waals surface area contributed by atoms with E-state index >= 15 is 0 Å². The predicted octanol–water partition coefficient (Wildman–Crippen LogP) is 4.87. The Morgan fingerprint density at radius 1 is 1.17 bits per heavy atom. The van der Waals surface area contributed by atoms with E-state index in [9.17, 15) is 13.6 Å². The number of alkyl halides is 2. The summed E-state index contributed by atoms with van der Waals surface area (Å²) in [5, 5.41) is 10.7. The van der Waals surface area contributed by atoms with Gasteiger partial charge in [0.25, 0.3) is 5.91 Å². The number of aromatic amines is 1. The number of nitrogens with zero attached hydrogens (tertiary/aromatic N) is 2. The monoisotopic (exact) mass is 408 g/mol. The maximum absolute atomic E-state index is 12.9. The van der Waals surface area contributed by atoms with Gasteiger partial charge in [0.1, 0.15) is 0 Å². The van der Waals surface area contributed by atoms with Gasteiger partial charge < -0.3 is 9.88 Å². The van der Waals surface area contributed by atoms with Crippen LogP contribution >= 0.6 is 0 Å². The van der Waals surface area contributed by atoms with E-state index in [2.05, 4.69) is 15.5 Å². The number of rotatable bonds is 6. The number of nitrogens with one attached hydrogen (secondary N) is 2. The van der Waals surface area contributed by atoms with Crippen LogP contribution in [-0.2, 0) is 13.5 Å². The van der Waals surface area contributed by atoms with Crippen molar-refractivity contribution in [2.75, 3.05) is 0 Å². The number of H-pyrrole nitrogens is 1. The second kappa shape index (κ2) is 8.10. The Morgan fingerprint density at radius 2 is 1.93 bits per heavy atom. The number of amides is 1. The minimum Gasteiger partial charge on any atom is -0.350 e.